The number of rotatable bonds is 1. The monoisotopic (exact) mass is 308 g/mol. The van der Waals surface area contributed by atoms with Gasteiger partial charge in [0.05, 0.1) is 12.4 Å². The first-order chi connectivity index (χ1) is 10.2. The summed E-state index contributed by atoms with van der Waals surface area (Å²) in [6.45, 7) is 10.7. The molecule has 1 aliphatic heterocycles. The topological polar surface area (TPSA) is 78.8 Å². The minimum Gasteiger partial charge on any atom is -0.505 e. The van der Waals surface area contributed by atoms with Crippen molar-refractivity contribution in [2.75, 3.05) is 18.0 Å². The van der Waals surface area contributed by atoms with Gasteiger partial charge in [0.15, 0.2) is 5.75 Å². The van der Waals surface area contributed by atoms with E-state index in [0.29, 0.717) is 19.0 Å². The van der Waals surface area contributed by atoms with Crippen LogP contribution in [0.15, 0.2) is 12.4 Å². The number of anilines is 1. The van der Waals surface area contributed by atoms with Crippen LogP contribution >= 0.6 is 0 Å². The summed E-state index contributed by atoms with van der Waals surface area (Å²) < 4.78 is 5.46. The third-order valence-corrected chi connectivity index (χ3v) is 3.50. The van der Waals surface area contributed by atoms with Crippen LogP contribution in [0.2, 0.25) is 0 Å². The standard InChI is InChI=1S/C15H24N4O3/c1-10-9-19(14(21)22-15(3,4)5)11(2)8-18(10)13-16-6-12(20)7-17-13/h6-7,10-11,20H,8-9H2,1-5H3/t10-,11+/m0/s1. The maximum Gasteiger partial charge on any atom is 0.410 e. The third kappa shape index (κ3) is 3.78. The lowest BCUT2D eigenvalue weighted by Gasteiger charge is -2.44. The molecular weight excluding hydrogens is 284 g/mol. The highest BCUT2D eigenvalue weighted by Gasteiger charge is 2.35. The Kier molecular flexibility index (Phi) is 4.44. The molecule has 122 valence electrons. The Labute approximate surface area is 130 Å². The first-order valence-corrected chi connectivity index (χ1v) is 7.44. The van der Waals surface area contributed by atoms with E-state index < -0.39 is 5.60 Å². The zero-order valence-corrected chi connectivity index (χ0v) is 13.8. The average molecular weight is 308 g/mol. The van der Waals surface area contributed by atoms with Crippen LogP contribution in [-0.4, -0.2) is 56.8 Å². The fraction of sp³-hybridized carbons (Fsp3) is 0.667. The third-order valence-electron chi connectivity index (χ3n) is 3.50. The van der Waals surface area contributed by atoms with Gasteiger partial charge in [0, 0.05) is 25.2 Å². The Morgan fingerprint density at radius 3 is 2.36 bits per heavy atom. The second-order valence-corrected chi connectivity index (χ2v) is 6.72. The average Bonchev–Trinajstić information content (AvgIpc) is 2.40. The maximum atomic E-state index is 12.3. The summed E-state index contributed by atoms with van der Waals surface area (Å²) in [5, 5.41) is 9.28. The Morgan fingerprint density at radius 2 is 1.82 bits per heavy atom. The predicted octanol–water partition coefficient (Wildman–Crippen LogP) is 2.02. The summed E-state index contributed by atoms with van der Waals surface area (Å²) in [5.41, 5.74) is -0.503. The van der Waals surface area contributed by atoms with Crippen LogP contribution in [0.1, 0.15) is 34.6 Å². The Hall–Kier alpha value is -2.05. The SMILES string of the molecule is C[C@@H]1CN(c2ncc(O)cn2)[C@@H](C)CN1C(=O)OC(C)(C)C. The van der Waals surface area contributed by atoms with Gasteiger partial charge >= 0.3 is 6.09 Å². The molecule has 1 aliphatic rings. The van der Waals surface area contributed by atoms with Gasteiger partial charge in [-0.1, -0.05) is 0 Å². The molecular formula is C15H24N4O3. The van der Waals surface area contributed by atoms with Gasteiger partial charge in [-0.25, -0.2) is 14.8 Å². The van der Waals surface area contributed by atoms with Crippen molar-refractivity contribution in [2.45, 2.75) is 52.3 Å². The van der Waals surface area contributed by atoms with Crippen molar-refractivity contribution in [3.05, 3.63) is 12.4 Å². The number of aromatic nitrogens is 2. The molecule has 1 fully saturated rings. The smallest absolute Gasteiger partial charge is 0.410 e. The molecule has 2 rings (SSSR count). The molecule has 0 bridgehead atoms. The van der Waals surface area contributed by atoms with Crippen LogP contribution in [0.3, 0.4) is 0 Å². The number of ether oxygens (including phenoxy) is 1. The van der Waals surface area contributed by atoms with E-state index in [0.717, 1.165) is 0 Å². The van der Waals surface area contributed by atoms with Gasteiger partial charge in [-0.05, 0) is 34.6 Å². The molecule has 0 aromatic carbocycles. The van der Waals surface area contributed by atoms with Crippen LogP contribution in [0.25, 0.3) is 0 Å². The predicted molar refractivity (Wildman–Crippen MR) is 82.9 cm³/mol. The van der Waals surface area contributed by atoms with E-state index >= 15 is 0 Å². The van der Waals surface area contributed by atoms with Gasteiger partial charge in [-0.2, -0.15) is 0 Å². The highest BCUT2D eigenvalue weighted by atomic mass is 16.6. The molecule has 1 N–H and O–H groups in total. The molecule has 1 amide bonds. The molecule has 1 saturated heterocycles. The molecule has 0 saturated carbocycles. The van der Waals surface area contributed by atoms with E-state index in [1.807, 2.05) is 39.5 Å². The lowest BCUT2D eigenvalue weighted by Crippen LogP contribution is -2.59. The second-order valence-electron chi connectivity index (χ2n) is 6.72. The summed E-state index contributed by atoms with van der Waals surface area (Å²) in [4.78, 5) is 24.3. The number of nitrogens with zero attached hydrogens (tertiary/aromatic N) is 4. The molecule has 1 aromatic rings. The molecule has 7 nitrogen and oxygen atoms in total. The number of carbonyl (C=O) groups is 1. The molecule has 1 aromatic heterocycles. The summed E-state index contributed by atoms with van der Waals surface area (Å²) in [6.07, 6.45) is 2.46. The van der Waals surface area contributed by atoms with Crippen LogP contribution < -0.4 is 4.90 Å². The number of aromatic hydroxyl groups is 1. The fourth-order valence-electron chi connectivity index (χ4n) is 2.44. The van der Waals surface area contributed by atoms with E-state index in [1.165, 1.54) is 12.4 Å². The zero-order valence-electron chi connectivity index (χ0n) is 13.8. The van der Waals surface area contributed by atoms with Crippen LogP contribution in [0.4, 0.5) is 10.7 Å². The van der Waals surface area contributed by atoms with Gasteiger partial charge < -0.3 is 19.6 Å². The van der Waals surface area contributed by atoms with Crippen molar-refractivity contribution in [1.82, 2.24) is 14.9 Å². The van der Waals surface area contributed by atoms with Crippen LogP contribution in [0, 0.1) is 0 Å². The summed E-state index contributed by atoms with van der Waals surface area (Å²) in [6, 6.07) is 0.0525. The van der Waals surface area contributed by atoms with E-state index in [1.54, 1.807) is 4.90 Å². The van der Waals surface area contributed by atoms with Crippen molar-refractivity contribution >= 4 is 12.0 Å². The molecule has 0 spiro atoms. The molecule has 2 heterocycles. The lowest BCUT2D eigenvalue weighted by atomic mass is 10.1. The number of carbonyl (C=O) groups excluding carboxylic acids is 1. The Balaban J connectivity index is 2.08. The molecule has 0 unspecified atom stereocenters. The van der Waals surface area contributed by atoms with Gasteiger partial charge in [0.25, 0.3) is 0 Å². The van der Waals surface area contributed by atoms with Gasteiger partial charge in [-0.3, -0.25) is 0 Å². The van der Waals surface area contributed by atoms with Crippen molar-refractivity contribution in [3.63, 3.8) is 0 Å². The molecule has 7 heteroatoms. The van der Waals surface area contributed by atoms with Crippen molar-refractivity contribution in [3.8, 4) is 5.75 Å². The van der Waals surface area contributed by atoms with Crippen molar-refractivity contribution < 1.29 is 14.6 Å². The Morgan fingerprint density at radius 1 is 1.23 bits per heavy atom. The van der Waals surface area contributed by atoms with Gasteiger partial charge in [0.1, 0.15) is 5.60 Å². The number of amides is 1. The van der Waals surface area contributed by atoms with E-state index in [2.05, 4.69) is 9.97 Å². The quantitative estimate of drug-likeness (QED) is 0.855. The zero-order chi connectivity index (χ0) is 16.5. The van der Waals surface area contributed by atoms with E-state index in [-0.39, 0.29) is 23.9 Å². The van der Waals surface area contributed by atoms with Crippen molar-refractivity contribution in [1.29, 1.82) is 0 Å². The molecule has 0 aliphatic carbocycles. The Bertz CT molecular complexity index is 527. The van der Waals surface area contributed by atoms with Gasteiger partial charge in [0.2, 0.25) is 5.95 Å². The number of piperazine rings is 1. The van der Waals surface area contributed by atoms with E-state index in [4.69, 9.17) is 4.74 Å². The first kappa shape index (κ1) is 16.3. The normalized spacial score (nSPS) is 22.6. The summed E-state index contributed by atoms with van der Waals surface area (Å²) in [7, 11) is 0. The van der Waals surface area contributed by atoms with Crippen molar-refractivity contribution in [2.24, 2.45) is 0 Å². The van der Waals surface area contributed by atoms with Crippen LogP contribution in [-0.2, 0) is 4.74 Å². The fourth-order valence-corrected chi connectivity index (χ4v) is 2.44. The molecule has 22 heavy (non-hydrogen) atoms. The molecule has 2 atom stereocenters. The highest BCUT2D eigenvalue weighted by Crippen LogP contribution is 2.22. The molecule has 0 radical (unpaired) electrons. The van der Waals surface area contributed by atoms with Crippen LogP contribution in [0.5, 0.6) is 5.75 Å². The van der Waals surface area contributed by atoms with E-state index in [9.17, 15) is 9.90 Å². The number of hydrogen-bond acceptors (Lipinski definition) is 6. The number of hydrogen-bond donors (Lipinski definition) is 1. The van der Waals surface area contributed by atoms with Gasteiger partial charge in [-0.15, -0.1) is 0 Å². The second kappa shape index (κ2) is 5.98. The summed E-state index contributed by atoms with van der Waals surface area (Å²) >= 11 is 0. The maximum absolute atomic E-state index is 12.3. The minimum atomic E-state index is -0.503. The minimum absolute atomic E-state index is 0.0107. The lowest BCUT2D eigenvalue weighted by molar-refractivity contribution is 0.0129. The largest absolute Gasteiger partial charge is 0.505 e. The summed E-state index contributed by atoms with van der Waals surface area (Å²) in [5.74, 6) is 0.595. The first-order valence-electron chi connectivity index (χ1n) is 7.44. The highest BCUT2D eigenvalue weighted by molar-refractivity contribution is 5.69.